The Morgan fingerprint density at radius 1 is 0.548 bits per heavy atom. The summed E-state index contributed by atoms with van der Waals surface area (Å²) in [5, 5.41) is 136. The van der Waals surface area contributed by atoms with Crippen LogP contribution in [0, 0.1) is 0 Å². The molecule has 3 heterocycles. The summed E-state index contributed by atoms with van der Waals surface area (Å²) in [6.07, 6.45) is 20.6. The van der Waals surface area contributed by atoms with Crippen LogP contribution in [0.5, 0.6) is 0 Å². The van der Waals surface area contributed by atoms with Crippen LogP contribution >= 0.6 is 0 Å². The van der Waals surface area contributed by atoms with Gasteiger partial charge in [-0.2, -0.15) is 0 Å². The molecule has 2 amide bonds. The number of hydrogen-bond donors (Lipinski definition) is 14. The number of ether oxygens (including phenoxy) is 6. The molecule has 0 radical (unpaired) electrons. The molecule has 23 heteroatoms. The number of amides is 2. The number of nitrogens with one attached hydrogen (secondary N) is 2. The predicted molar refractivity (Wildman–Crippen MR) is 352 cm³/mol. The number of hydrogen-bond acceptors (Lipinski definition) is 20. The van der Waals surface area contributed by atoms with Gasteiger partial charge < -0.3 is 100 Å². The van der Waals surface area contributed by atoms with E-state index in [1.807, 2.05) is 0 Å². The number of carboxylic acids is 1. The molecule has 546 valence electrons. The molecule has 18 unspecified atom stereocenters. The van der Waals surface area contributed by atoms with Gasteiger partial charge >= 0.3 is 5.97 Å². The molecule has 0 aromatic rings. The van der Waals surface area contributed by atoms with E-state index in [2.05, 4.69) is 36.6 Å². The number of aliphatic carboxylic acids is 1. The summed E-state index contributed by atoms with van der Waals surface area (Å²) in [6, 6.07) is -2.53. The van der Waals surface area contributed by atoms with Crippen LogP contribution in [0.3, 0.4) is 0 Å². The first-order valence-corrected chi connectivity index (χ1v) is 36.5. The second-order valence-corrected chi connectivity index (χ2v) is 26.8. The zero-order chi connectivity index (χ0) is 68.2. The number of carbonyl (C=O) groups excluding carboxylic acids is 2. The van der Waals surface area contributed by atoms with Gasteiger partial charge in [-0.3, -0.25) is 9.59 Å². The highest BCUT2D eigenvalue weighted by molar-refractivity contribution is 5.77. The fraction of sp³-hybridized carbons (Fsp3) is 0.929. The van der Waals surface area contributed by atoms with Crippen molar-refractivity contribution in [2.45, 2.75) is 387 Å². The number of unbranched alkanes of at least 4 members (excludes halogenated alkanes) is 34. The highest BCUT2D eigenvalue weighted by atomic mass is 16.8. The first-order chi connectivity index (χ1) is 44.9. The van der Waals surface area contributed by atoms with Crippen LogP contribution in [0.15, 0.2) is 12.2 Å². The van der Waals surface area contributed by atoms with Crippen LogP contribution in [0.4, 0.5) is 0 Å². The third-order valence-electron chi connectivity index (χ3n) is 18.7. The smallest absolute Gasteiger partial charge is 0.364 e. The molecule has 3 aliphatic heterocycles. The molecule has 0 spiro atoms. The maximum absolute atomic E-state index is 13.5. The monoisotopic (exact) mass is 1330 g/mol. The fourth-order valence-corrected chi connectivity index (χ4v) is 12.9. The minimum Gasteiger partial charge on any atom is -0.477 e. The summed E-state index contributed by atoms with van der Waals surface area (Å²) >= 11 is 0. The lowest BCUT2D eigenvalue weighted by atomic mass is 9.88. The van der Waals surface area contributed by atoms with Crippen LogP contribution in [-0.2, 0) is 42.8 Å². The van der Waals surface area contributed by atoms with Gasteiger partial charge in [0.15, 0.2) is 12.6 Å². The predicted octanol–water partition coefficient (Wildman–Crippen LogP) is 7.46. The Balaban J connectivity index is 1.58. The van der Waals surface area contributed by atoms with E-state index in [0.717, 1.165) is 84.0 Å². The Morgan fingerprint density at radius 3 is 1.45 bits per heavy atom. The van der Waals surface area contributed by atoms with Crippen molar-refractivity contribution in [3.8, 4) is 0 Å². The molecule has 18 atom stereocenters. The molecule has 0 aromatic heterocycles. The minimum atomic E-state index is -3.08. The third-order valence-corrected chi connectivity index (χ3v) is 18.7. The van der Waals surface area contributed by atoms with E-state index in [0.29, 0.717) is 19.3 Å². The van der Waals surface area contributed by atoms with Gasteiger partial charge in [0.1, 0.15) is 67.1 Å². The van der Waals surface area contributed by atoms with Crippen LogP contribution in [-0.4, -0.2) is 215 Å². The highest BCUT2D eigenvalue weighted by Crippen LogP contribution is 2.39. The van der Waals surface area contributed by atoms with E-state index in [1.165, 1.54) is 148 Å². The molecule has 3 aliphatic rings. The van der Waals surface area contributed by atoms with Crippen molar-refractivity contribution in [1.29, 1.82) is 0 Å². The second kappa shape index (κ2) is 50.7. The molecule has 14 N–H and O–H groups in total. The van der Waals surface area contributed by atoms with Gasteiger partial charge in [0.2, 0.25) is 11.8 Å². The zero-order valence-corrected chi connectivity index (χ0v) is 57.1. The van der Waals surface area contributed by atoms with Gasteiger partial charge in [0, 0.05) is 19.8 Å². The molecule has 3 saturated heterocycles. The topological polar surface area (TPSA) is 373 Å². The first-order valence-electron chi connectivity index (χ1n) is 36.5. The lowest BCUT2D eigenvalue weighted by Gasteiger charge is -2.50. The Labute approximate surface area is 556 Å². The van der Waals surface area contributed by atoms with Crippen molar-refractivity contribution >= 4 is 17.8 Å². The van der Waals surface area contributed by atoms with Crippen molar-refractivity contribution in [3.63, 3.8) is 0 Å². The van der Waals surface area contributed by atoms with E-state index in [-0.39, 0.29) is 18.9 Å². The largest absolute Gasteiger partial charge is 0.477 e. The average Bonchev–Trinajstić information content (AvgIpc) is 0.764. The molecular weight excluding hydrogens is 1200 g/mol. The summed E-state index contributed by atoms with van der Waals surface area (Å²) in [7, 11) is 0. The van der Waals surface area contributed by atoms with E-state index in [1.54, 1.807) is 0 Å². The second-order valence-electron chi connectivity index (χ2n) is 26.8. The molecule has 3 fully saturated rings. The molecule has 93 heavy (non-hydrogen) atoms. The van der Waals surface area contributed by atoms with E-state index in [4.69, 9.17) is 28.4 Å². The number of carboxylic acid groups (broad SMARTS) is 1. The number of carbonyl (C=O) groups is 3. The number of aliphatic hydroxyl groups is 11. The summed E-state index contributed by atoms with van der Waals surface area (Å²) < 4.78 is 34.9. The van der Waals surface area contributed by atoms with Crippen molar-refractivity contribution in [3.05, 3.63) is 12.2 Å². The van der Waals surface area contributed by atoms with Gasteiger partial charge in [0.25, 0.3) is 5.79 Å². The highest BCUT2D eigenvalue weighted by Gasteiger charge is 2.60. The fourth-order valence-electron chi connectivity index (χ4n) is 12.9. The van der Waals surface area contributed by atoms with Gasteiger partial charge in [-0.1, -0.05) is 231 Å². The molecule has 0 aliphatic carbocycles. The van der Waals surface area contributed by atoms with Crippen LogP contribution < -0.4 is 10.6 Å². The molecule has 0 bridgehead atoms. The Bertz CT molecular complexity index is 1930. The molecule has 23 nitrogen and oxygen atoms in total. The summed E-state index contributed by atoms with van der Waals surface area (Å²) in [6.45, 7) is 2.23. The maximum Gasteiger partial charge on any atom is 0.364 e. The average molecular weight is 1340 g/mol. The van der Waals surface area contributed by atoms with E-state index >= 15 is 0 Å². The van der Waals surface area contributed by atoms with Gasteiger partial charge in [-0.05, 0) is 38.5 Å². The standard InChI is InChI=1S/C70H130N2O21/c1-4-6-8-10-12-14-16-18-20-22-24-26-27-29-31-33-35-37-39-41-43-52(77)51(72-57(80)44-42-40-38-36-34-32-30-28-25-23-21-19-17-15-13-11-9-7-5-2)49-88-67-62(84)61(83)64(56(48-75)90-67)91-68-63(85)66(60(82)55(47-74)89-68)93-70(69(86)87)45-53(78)58(71-50(3)76)65(92-70)59(81)54(79)46-73/h23,25,51-56,58-68,73-75,77-79,81-85H,4-22,24,26-49H2,1-3H3,(H,71,76)(H,72,80)(H,86,87)/b25-23-. The first kappa shape index (κ1) is 84.7. The van der Waals surface area contributed by atoms with Crippen molar-refractivity contribution in [2.75, 3.05) is 26.4 Å². The van der Waals surface area contributed by atoms with Crippen molar-refractivity contribution < 1.29 is 104 Å². The van der Waals surface area contributed by atoms with Crippen LogP contribution in [0.25, 0.3) is 0 Å². The van der Waals surface area contributed by atoms with E-state index in [9.17, 15) is 75.7 Å². The quantitative estimate of drug-likeness (QED) is 0.0207. The zero-order valence-electron chi connectivity index (χ0n) is 57.1. The summed E-state index contributed by atoms with van der Waals surface area (Å²) in [4.78, 5) is 38.6. The lowest BCUT2D eigenvalue weighted by molar-refractivity contribution is -0.386. The maximum atomic E-state index is 13.5. The Kier molecular flexibility index (Phi) is 46.2. The molecule has 0 saturated carbocycles. The summed E-state index contributed by atoms with van der Waals surface area (Å²) in [5.74, 6) is -6.10. The van der Waals surface area contributed by atoms with Crippen LogP contribution in [0.2, 0.25) is 0 Å². The van der Waals surface area contributed by atoms with Crippen molar-refractivity contribution in [2.24, 2.45) is 0 Å². The number of aliphatic hydroxyl groups excluding tert-OH is 11. The van der Waals surface area contributed by atoms with Crippen molar-refractivity contribution in [1.82, 2.24) is 10.6 Å². The SMILES string of the molecule is CCCCCCCCCC/C=C\CCCCCCCCCC(=O)NC(COC1OC(CO)C(OC2OC(CO)C(O)C(OC3(C(=O)O)CC(O)C(NC(C)=O)C(C(O)C(O)CO)O3)C2O)C(O)C1O)C(O)CCCCCCCCCCCCCCCCCCCCCC. The lowest BCUT2D eigenvalue weighted by Crippen LogP contribution is -2.70. The minimum absolute atomic E-state index is 0.220. The van der Waals surface area contributed by atoms with Gasteiger partial charge in [0.05, 0.1) is 50.7 Å². The number of allylic oxidation sites excluding steroid dienone is 2. The van der Waals surface area contributed by atoms with E-state index < -0.39 is 148 Å². The van der Waals surface area contributed by atoms with Gasteiger partial charge in [-0.25, -0.2) is 4.79 Å². The Hall–Kier alpha value is -2.53. The van der Waals surface area contributed by atoms with Gasteiger partial charge in [-0.15, -0.1) is 0 Å². The normalized spacial score (nSPS) is 28.1. The third kappa shape index (κ3) is 32.8. The molecular formula is C70H130N2O21. The molecule has 3 rings (SSSR count). The number of rotatable bonds is 56. The molecule has 0 aromatic carbocycles. The Morgan fingerprint density at radius 2 is 1.00 bits per heavy atom. The van der Waals surface area contributed by atoms with Crippen LogP contribution in [0.1, 0.15) is 278 Å². The summed E-state index contributed by atoms with van der Waals surface area (Å²) in [5.41, 5.74) is 0.